The molecule has 0 atom stereocenters. The molecule has 0 spiro atoms. The van der Waals surface area contributed by atoms with Crippen LogP contribution >= 0.6 is 0 Å². The molecule has 12 aromatic rings. The minimum Gasteiger partial charge on any atom is -0.311 e. The van der Waals surface area contributed by atoms with Crippen LogP contribution in [0.2, 0.25) is 0 Å². The van der Waals surface area contributed by atoms with Crippen molar-refractivity contribution in [1.82, 2.24) is 4.40 Å². The van der Waals surface area contributed by atoms with Crippen LogP contribution in [0.1, 0.15) is 105 Å². The Morgan fingerprint density at radius 3 is 1.30 bits per heavy atom. The summed E-state index contributed by atoms with van der Waals surface area (Å²) in [6, 6.07) is 79.6. The van der Waals surface area contributed by atoms with Crippen molar-refractivity contribution in [1.29, 1.82) is 0 Å². The molecule has 0 amide bonds. The standard InChI is InChI=1S/C76H70BN3/c1-73(2,3)53-29-34-58(35-30-53)78-67-37-31-54(74(4,5)6)46-64(67)77-63-36-28-49(51-40-61-59-22-16-18-24-65(59)80-66-25-19-17-23-60(66)62(41-51)72(61)80)42-68(63)79(70-44-52(43-69(78)71(70)77)47-20-14-13-15-21-47)57-32-26-48(27-33-57)50-38-55(75(7,8)9)45-56(39-50)76(10,11)12/h13-46H,1-12H3. The van der Waals surface area contributed by atoms with Gasteiger partial charge in [0, 0.05) is 55.7 Å². The summed E-state index contributed by atoms with van der Waals surface area (Å²) in [7, 11) is 0. The minimum atomic E-state index is -0.0640. The number of para-hydroxylation sites is 2. The second-order valence-electron chi connectivity index (χ2n) is 27.1. The third-order valence-electron chi connectivity index (χ3n) is 17.7. The van der Waals surface area contributed by atoms with Crippen molar-refractivity contribution in [3.05, 3.63) is 229 Å². The fourth-order valence-corrected chi connectivity index (χ4v) is 13.2. The zero-order valence-corrected chi connectivity index (χ0v) is 48.5. The number of hydrogen-bond acceptors (Lipinski definition) is 2. The predicted molar refractivity (Wildman–Crippen MR) is 346 cm³/mol. The molecule has 0 unspecified atom stereocenters. The van der Waals surface area contributed by atoms with Crippen molar-refractivity contribution in [2.24, 2.45) is 0 Å². The van der Waals surface area contributed by atoms with Crippen molar-refractivity contribution >= 4 is 95.3 Å². The summed E-state index contributed by atoms with van der Waals surface area (Å²) in [5, 5.41) is 5.13. The Hall–Kier alpha value is -8.34. The van der Waals surface area contributed by atoms with E-state index in [-0.39, 0.29) is 28.4 Å². The normalized spacial score (nSPS) is 13.7. The highest BCUT2D eigenvalue weighted by Crippen LogP contribution is 2.49. The lowest BCUT2D eigenvalue weighted by molar-refractivity contribution is 0.569. The zero-order chi connectivity index (χ0) is 55.4. The molecule has 0 saturated carbocycles. The van der Waals surface area contributed by atoms with Gasteiger partial charge in [-0.15, -0.1) is 0 Å². The van der Waals surface area contributed by atoms with Crippen molar-refractivity contribution in [3.8, 4) is 33.4 Å². The van der Waals surface area contributed by atoms with Gasteiger partial charge in [0.05, 0.1) is 16.6 Å². The number of benzene rings is 10. The molecular formula is C76H70BN3. The van der Waals surface area contributed by atoms with Gasteiger partial charge in [0.25, 0.3) is 6.71 Å². The first kappa shape index (κ1) is 49.9. The van der Waals surface area contributed by atoms with Gasteiger partial charge in [0.15, 0.2) is 0 Å². The highest BCUT2D eigenvalue weighted by molar-refractivity contribution is 7.00. The Labute approximate surface area is 473 Å². The van der Waals surface area contributed by atoms with Gasteiger partial charge in [0.2, 0.25) is 0 Å². The van der Waals surface area contributed by atoms with Crippen molar-refractivity contribution in [2.45, 2.75) is 105 Å². The maximum Gasteiger partial charge on any atom is 0.252 e. The quantitative estimate of drug-likeness (QED) is 0.159. The molecule has 392 valence electrons. The van der Waals surface area contributed by atoms with Crippen LogP contribution in [0, 0.1) is 0 Å². The summed E-state index contributed by atoms with van der Waals surface area (Å²) < 4.78 is 2.48. The smallest absolute Gasteiger partial charge is 0.252 e. The lowest BCUT2D eigenvalue weighted by atomic mass is 9.33. The van der Waals surface area contributed by atoms with E-state index in [9.17, 15) is 0 Å². The third-order valence-corrected chi connectivity index (χ3v) is 17.7. The minimum absolute atomic E-state index is 0.00282. The van der Waals surface area contributed by atoms with Crippen LogP contribution in [0.15, 0.2) is 206 Å². The van der Waals surface area contributed by atoms with Crippen LogP contribution in [-0.2, 0) is 21.7 Å². The second kappa shape index (κ2) is 17.6. The molecule has 4 heterocycles. The van der Waals surface area contributed by atoms with Crippen LogP contribution in [0.3, 0.4) is 0 Å². The number of fused-ring (bicyclic) bond motifs is 10. The van der Waals surface area contributed by atoms with Gasteiger partial charge in [-0.1, -0.05) is 217 Å². The molecule has 4 heteroatoms. The fraction of sp³-hybridized carbons (Fsp3) is 0.211. The van der Waals surface area contributed by atoms with E-state index in [1.165, 1.54) is 133 Å². The average Bonchev–Trinajstić information content (AvgIpc) is 2.11. The highest BCUT2D eigenvalue weighted by Gasteiger charge is 2.44. The van der Waals surface area contributed by atoms with Crippen LogP contribution in [-0.4, -0.2) is 11.1 Å². The molecule has 2 aliphatic rings. The van der Waals surface area contributed by atoms with E-state index in [0.29, 0.717) is 0 Å². The summed E-state index contributed by atoms with van der Waals surface area (Å²) >= 11 is 0. The topological polar surface area (TPSA) is 10.9 Å². The lowest BCUT2D eigenvalue weighted by Crippen LogP contribution is -2.61. The highest BCUT2D eigenvalue weighted by atomic mass is 15.2. The first-order valence-electron chi connectivity index (χ1n) is 28.9. The molecule has 2 aliphatic heterocycles. The molecule has 0 N–H and O–H groups in total. The molecule has 80 heavy (non-hydrogen) atoms. The second-order valence-corrected chi connectivity index (χ2v) is 27.1. The number of rotatable bonds is 5. The zero-order valence-electron chi connectivity index (χ0n) is 48.5. The molecule has 2 aromatic heterocycles. The van der Waals surface area contributed by atoms with E-state index in [0.717, 1.165) is 11.4 Å². The van der Waals surface area contributed by atoms with Crippen LogP contribution in [0.4, 0.5) is 34.1 Å². The van der Waals surface area contributed by atoms with Crippen molar-refractivity contribution in [3.63, 3.8) is 0 Å². The SMILES string of the molecule is CC(C)(C)c1ccc(N2c3ccc(C(C)(C)C)cc3B3c4ccc(-c5cc6c7ccccc7n7c8ccccc8c(c5)c67)cc4N(c4ccc(-c5cc(C(C)(C)C)cc(C(C)(C)C)c5)cc4)c4cc(-c5ccccc5)cc2c43)cc1. The summed E-state index contributed by atoms with van der Waals surface area (Å²) in [6.07, 6.45) is 0. The largest absolute Gasteiger partial charge is 0.311 e. The Morgan fingerprint density at radius 2 is 0.738 bits per heavy atom. The molecule has 14 rings (SSSR count). The summed E-state index contributed by atoms with van der Waals surface area (Å²) in [4.78, 5) is 5.17. The van der Waals surface area contributed by atoms with E-state index in [1.807, 2.05) is 0 Å². The number of aromatic nitrogens is 1. The molecule has 0 saturated heterocycles. The summed E-state index contributed by atoms with van der Waals surface area (Å²) in [5.41, 5.74) is 27.4. The van der Waals surface area contributed by atoms with Gasteiger partial charge in [0.1, 0.15) is 0 Å². The van der Waals surface area contributed by atoms with Crippen molar-refractivity contribution in [2.75, 3.05) is 9.80 Å². The lowest BCUT2D eigenvalue weighted by Gasteiger charge is -2.45. The Kier molecular flexibility index (Phi) is 11.0. The number of nitrogens with zero attached hydrogens (tertiary/aromatic N) is 3. The summed E-state index contributed by atoms with van der Waals surface area (Å²) in [6.45, 7) is 27.9. The number of hydrogen-bond donors (Lipinski definition) is 0. The van der Waals surface area contributed by atoms with E-state index in [4.69, 9.17) is 0 Å². The maximum atomic E-state index is 2.61. The molecular weight excluding hydrogens is 966 g/mol. The monoisotopic (exact) mass is 1040 g/mol. The van der Waals surface area contributed by atoms with Gasteiger partial charge >= 0.3 is 0 Å². The van der Waals surface area contributed by atoms with Gasteiger partial charge in [-0.3, -0.25) is 0 Å². The van der Waals surface area contributed by atoms with Gasteiger partial charge in [-0.25, -0.2) is 0 Å². The third kappa shape index (κ3) is 7.92. The van der Waals surface area contributed by atoms with Crippen LogP contribution < -0.4 is 26.2 Å². The van der Waals surface area contributed by atoms with Crippen molar-refractivity contribution < 1.29 is 0 Å². The first-order chi connectivity index (χ1) is 38.2. The van der Waals surface area contributed by atoms with Crippen LogP contribution in [0.25, 0.3) is 71.5 Å². The summed E-state index contributed by atoms with van der Waals surface area (Å²) in [5.74, 6) is 0. The van der Waals surface area contributed by atoms with E-state index >= 15 is 0 Å². The molecule has 0 aliphatic carbocycles. The predicted octanol–water partition coefficient (Wildman–Crippen LogP) is 19.1. The van der Waals surface area contributed by atoms with E-state index in [1.54, 1.807) is 0 Å². The Morgan fingerprint density at radius 1 is 0.287 bits per heavy atom. The first-order valence-corrected chi connectivity index (χ1v) is 28.9. The maximum absolute atomic E-state index is 2.61. The van der Waals surface area contributed by atoms with E-state index in [2.05, 4.69) is 304 Å². The molecule has 3 nitrogen and oxygen atoms in total. The molecule has 0 bridgehead atoms. The van der Waals surface area contributed by atoms with Gasteiger partial charge in [-0.2, -0.15) is 0 Å². The van der Waals surface area contributed by atoms with Crippen LogP contribution in [0.5, 0.6) is 0 Å². The Balaban J connectivity index is 1.05. The number of anilines is 6. The van der Waals surface area contributed by atoms with Gasteiger partial charge < -0.3 is 14.2 Å². The fourth-order valence-electron chi connectivity index (χ4n) is 13.2. The Bertz CT molecular complexity index is 4320. The van der Waals surface area contributed by atoms with E-state index < -0.39 is 0 Å². The molecule has 10 aromatic carbocycles. The molecule has 0 fully saturated rings. The van der Waals surface area contributed by atoms with Gasteiger partial charge in [-0.05, 0) is 166 Å². The molecule has 0 radical (unpaired) electrons. The average molecular weight is 1040 g/mol.